The van der Waals surface area contributed by atoms with E-state index in [-0.39, 0.29) is 0 Å². The molecular formula is C9H16N4. The molecule has 0 fully saturated rings. The zero-order valence-electron chi connectivity index (χ0n) is 8.12. The molecule has 0 aliphatic carbocycles. The minimum Gasteiger partial charge on any atom is -0.372 e. The van der Waals surface area contributed by atoms with Crippen LogP contribution >= 0.6 is 0 Å². The minimum absolute atomic E-state index is 0.699. The number of rotatable bonds is 4. The number of nitrogens with two attached hydrogens (primary N) is 1. The molecule has 0 saturated heterocycles. The normalized spacial score (nSPS) is 9.77. The number of anilines is 2. The molecule has 0 spiro atoms. The van der Waals surface area contributed by atoms with E-state index in [9.17, 15) is 0 Å². The molecule has 1 rings (SSSR count). The van der Waals surface area contributed by atoms with E-state index in [0.29, 0.717) is 5.82 Å². The second-order valence-corrected chi connectivity index (χ2v) is 2.72. The fraction of sp³-hybridized carbons (Fsp3) is 0.444. The lowest BCUT2D eigenvalue weighted by atomic mass is 10.3. The summed E-state index contributed by atoms with van der Waals surface area (Å²) in [6.07, 6.45) is 1.75. The summed E-state index contributed by atoms with van der Waals surface area (Å²) in [6.45, 7) is 6.23. The predicted molar refractivity (Wildman–Crippen MR) is 55.6 cm³/mol. The monoisotopic (exact) mass is 180 g/mol. The Kier molecular flexibility index (Phi) is 3.52. The minimum atomic E-state index is 0.699. The lowest BCUT2D eigenvalue weighted by Gasteiger charge is -2.20. The number of nitrogen functional groups attached to an aromatic ring is 1. The third-order valence-corrected chi connectivity index (χ3v) is 2.02. The number of pyridine rings is 1. The van der Waals surface area contributed by atoms with E-state index < -0.39 is 0 Å². The summed E-state index contributed by atoms with van der Waals surface area (Å²) < 4.78 is 0. The summed E-state index contributed by atoms with van der Waals surface area (Å²) >= 11 is 0. The molecule has 4 nitrogen and oxygen atoms in total. The maximum atomic E-state index is 5.27. The fourth-order valence-electron chi connectivity index (χ4n) is 1.28. The molecule has 0 amide bonds. The van der Waals surface area contributed by atoms with Crippen LogP contribution in [-0.2, 0) is 0 Å². The van der Waals surface area contributed by atoms with Gasteiger partial charge in [-0.2, -0.15) is 0 Å². The molecule has 0 unspecified atom stereocenters. The number of hydrazine groups is 1. The van der Waals surface area contributed by atoms with Crippen molar-refractivity contribution in [2.75, 3.05) is 23.4 Å². The highest BCUT2D eigenvalue weighted by Gasteiger charge is 2.01. The maximum absolute atomic E-state index is 5.27. The van der Waals surface area contributed by atoms with Crippen molar-refractivity contribution in [1.82, 2.24) is 4.98 Å². The van der Waals surface area contributed by atoms with Crippen LogP contribution in [0.1, 0.15) is 13.8 Å². The van der Waals surface area contributed by atoms with Crippen molar-refractivity contribution in [3.8, 4) is 0 Å². The van der Waals surface area contributed by atoms with E-state index in [2.05, 4.69) is 29.2 Å². The summed E-state index contributed by atoms with van der Waals surface area (Å²) in [5.74, 6) is 5.97. The van der Waals surface area contributed by atoms with Gasteiger partial charge in [-0.05, 0) is 19.9 Å². The van der Waals surface area contributed by atoms with Gasteiger partial charge in [-0.15, -0.1) is 0 Å². The molecule has 0 aliphatic heterocycles. The van der Waals surface area contributed by atoms with Crippen molar-refractivity contribution < 1.29 is 0 Å². The molecule has 1 heterocycles. The second-order valence-electron chi connectivity index (χ2n) is 2.72. The Morgan fingerprint density at radius 1 is 1.46 bits per heavy atom. The van der Waals surface area contributed by atoms with Crippen LogP contribution in [0.4, 0.5) is 11.5 Å². The molecule has 72 valence electrons. The number of aromatic nitrogens is 1. The molecule has 0 atom stereocenters. The Balaban J connectivity index is 2.86. The van der Waals surface area contributed by atoms with Gasteiger partial charge in [0.2, 0.25) is 0 Å². The number of hydrogen-bond donors (Lipinski definition) is 2. The lowest BCUT2D eigenvalue weighted by molar-refractivity contribution is 0.865. The van der Waals surface area contributed by atoms with Crippen LogP contribution in [0.2, 0.25) is 0 Å². The highest BCUT2D eigenvalue weighted by molar-refractivity contribution is 5.53. The van der Waals surface area contributed by atoms with Gasteiger partial charge < -0.3 is 10.3 Å². The molecule has 0 aliphatic rings. The van der Waals surface area contributed by atoms with Crippen LogP contribution in [0.5, 0.6) is 0 Å². The number of nitrogens with one attached hydrogen (secondary N) is 1. The van der Waals surface area contributed by atoms with Crippen molar-refractivity contribution in [1.29, 1.82) is 0 Å². The van der Waals surface area contributed by atoms with Gasteiger partial charge in [0.05, 0.1) is 0 Å². The van der Waals surface area contributed by atoms with Crippen LogP contribution < -0.4 is 16.2 Å². The third-order valence-electron chi connectivity index (χ3n) is 2.02. The summed E-state index contributed by atoms with van der Waals surface area (Å²) in [5.41, 5.74) is 3.68. The Morgan fingerprint density at radius 2 is 2.15 bits per heavy atom. The van der Waals surface area contributed by atoms with E-state index in [1.165, 1.54) is 0 Å². The zero-order valence-corrected chi connectivity index (χ0v) is 8.12. The third kappa shape index (κ3) is 2.32. The highest BCUT2D eigenvalue weighted by atomic mass is 15.2. The first-order valence-corrected chi connectivity index (χ1v) is 4.49. The van der Waals surface area contributed by atoms with Gasteiger partial charge in [-0.1, -0.05) is 0 Å². The van der Waals surface area contributed by atoms with Crippen molar-refractivity contribution >= 4 is 11.5 Å². The molecule has 0 radical (unpaired) electrons. The lowest BCUT2D eigenvalue weighted by Crippen LogP contribution is -2.22. The van der Waals surface area contributed by atoms with E-state index in [1.54, 1.807) is 6.20 Å². The van der Waals surface area contributed by atoms with Gasteiger partial charge in [0, 0.05) is 31.0 Å². The van der Waals surface area contributed by atoms with E-state index in [4.69, 9.17) is 5.84 Å². The van der Waals surface area contributed by atoms with Crippen LogP contribution in [0, 0.1) is 0 Å². The molecule has 0 saturated carbocycles. The van der Waals surface area contributed by atoms with E-state index in [0.717, 1.165) is 18.8 Å². The van der Waals surface area contributed by atoms with Gasteiger partial charge in [0.1, 0.15) is 5.82 Å². The van der Waals surface area contributed by atoms with Gasteiger partial charge in [-0.25, -0.2) is 10.8 Å². The zero-order chi connectivity index (χ0) is 9.68. The second kappa shape index (κ2) is 4.67. The predicted octanol–water partition coefficient (Wildman–Crippen LogP) is 1.21. The largest absolute Gasteiger partial charge is 0.372 e. The van der Waals surface area contributed by atoms with Crippen LogP contribution in [0.15, 0.2) is 18.3 Å². The molecule has 0 bridgehead atoms. The molecule has 0 aromatic carbocycles. The Labute approximate surface area is 78.7 Å². The van der Waals surface area contributed by atoms with Crippen LogP contribution in [0.3, 0.4) is 0 Å². The fourth-order valence-corrected chi connectivity index (χ4v) is 1.28. The van der Waals surface area contributed by atoms with E-state index >= 15 is 0 Å². The summed E-state index contributed by atoms with van der Waals surface area (Å²) in [6, 6.07) is 3.92. The molecule has 13 heavy (non-hydrogen) atoms. The van der Waals surface area contributed by atoms with Crippen LogP contribution in [-0.4, -0.2) is 18.1 Å². The summed E-state index contributed by atoms with van der Waals surface area (Å²) in [5, 5.41) is 0. The van der Waals surface area contributed by atoms with Crippen molar-refractivity contribution in [3.63, 3.8) is 0 Å². The Bertz CT molecular complexity index is 258. The first-order valence-electron chi connectivity index (χ1n) is 4.49. The molecule has 3 N–H and O–H groups in total. The summed E-state index contributed by atoms with van der Waals surface area (Å²) in [4.78, 5) is 6.28. The van der Waals surface area contributed by atoms with Gasteiger partial charge >= 0.3 is 0 Å². The quantitative estimate of drug-likeness (QED) is 0.540. The number of hydrogen-bond acceptors (Lipinski definition) is 4. The Hall–Kier alpha value is -1.29. The van der Waals surface area contributed by atoms with Gasteiger partial charge in [0.15, 0.2) is 0 Å². The van der Waals surface area contributed by atoms with Crippen LogP contribution in [0.25, 0.3) is 0 Å². The molecule has 1 aromatic rings. The average Bonchev–Trinajstić information content (AvgIpc) is 2.20. The first kappa shape index (κ1) is 9.80. The number of nitrogens with zero attached hydrogens (tertiary/aromatic N) is 2. The molecule has 1 aromatic heterocycles. The van der Waals surface area contributed by atoms with Gasteiger partial charge in [0.25, 0.3) is 0 Å². The van der Waals surface area contributed by atoms with Crippen molar-refractivity contribution in [3.05, 3.63) is 18.3 Å². The van der Waals surface area contributed by atoms with Crippen molar-refractivity contribution in [2.45, 2.75) is 13.8 Å². The van der Waals surface area contributed by atoms with E-state index in [1.807, 2.05) is 12.1 Å². The SMILES string of the molecule is CCN(CC)c1ccnc(NN)c1. The smallest absolute Gasteiger partial charge is 0.141 e. The average molecular weight is 180 g/mol. The Morgan fingerprint density at radius 3 is 2.69 bits per heavy atom. The maximum Gasteiger partial charge on any atom is 0.141 e. The van der Waals surface area contributed by atoms with Gasteiger partial charge in [-0.3, -0.25) is 0 Å². The highest BCUT2D eigenvalue weighted by Crippen LogP contribution is 2.15. The first-order chi connectivity index (χ1) is 6.31. The standard InChI is InChI=1S/C9H16N4/c1-3-13(4-2)8-5-6-11-9(7-8)12-10/h5-7H,3-4,10H2,1-2H3,(H,11,12). The van der Waals surface area contributed by atoms with Crippen molar-refractivity contribution in [2.24, 2.45) is 5.84 Å². The molecular weight excluding hydrogens is 164 g/mol. The molecule has 4 heteroatoms. The topological polar surface area (TPSA) is 54.2 Å². The summed E-state index contributed by atoms with van der Waals surface area (Å²) in [7, 11) is 0.